The van der Waals surface area contributed by atoms with Crippen LogP contribution in [0, 0.1) is 6.92 Å². The highest BCUT2D eigenvalue weighted by atomic mass is 79.9. The number of carbonyl (C=O) groups is 1. The van der Waals surface area contributed by atoms with Crippen LogP contribution in [0.25, 0.3) is 0 Å². The van der Waals surface area contributed by atoms with Gasteiger partial charge in [0.25, 0.3) is 0 Å². The molecule has 0 aliphatic carbocycles. The highest BCUT2D eigenvalue weighted by Gasteiger charge is 2.14. The van der Waals surface area contributed by atoms with Crippen LogP contribution in [0.4, 0.5) is 5.69 Å². The molecule has 0 saturated heterocycles. The standard InChI is InChI=1S/C16H16BrNO3/c1-10-14(7-12(17)8-15(10)18)16(19)21-9-11-4-3-5-13(6-11)20-2/h3-8H,9,18H2,1-2H3. The average molecular weight is 350 g/mol. The molecule has 0 bridgehead atoms. The maximum absolute atomic E-state index is 12.2. The summed E-state index contributed by atoms with van der Waals surface area (Å²) in [5.74, 6) is 0.328. The first-order chi connectivity index (χ1) is 10.0. The fraction of sp³-hybridized carbons (Fsp3) is 0.188. The van der Waals surface area contributed by atoms with Crippen molar-refractivity contribution in [3.05, 3.63) is 57.6 Å². The number of nitrogens with two attached hydrogens (primary N) is 1. The van der Waals surface area contributed by atoms with Crippen LogP contribution in [-0.4, -0.2) is 13.1 Å². The molecular weight excluding hydrogens is 334 g/mol. The Bertz CT molecular complexity index is 671. The molecule has 2 rings (SSSR count). The van der Waals surface area contributed by atoms with Crippen LogP contribution < -0.4 is 10.5 Å². The molecule has 0 aliphatic heterocycles. The van der Waals surface area contributed by atoms with E-state index in [-0.39, 0.29) is 6.61 Å². The summed E-state index contributed by atoms with van der Waals surface area (Å²) in [5.41, 5.74) is 8.45. The molecule has 0 amide bonds. The van der Waals surface area contributed by atoms with Gasteiger partial charge in [0, 0.05) is 10.2 Å². The average Bonchev–Trinajstić information content (AvgIpc) is 2.48. The Morgan fingerprint density at radius 2 is 2.05 bits per heavy atom. The van der Waals surface area contributed by atoms with Gasteiger partial charge in [-0.25, -0.2) is 4.79 Å². The topological polar surface area (TPSA) is 61.5 Å². The number of halogens is 1. The lowest BCUT2D eigenvalue weighted by Crippen LogP contribution is -2.09. The van der Waals surface area contributed by atoms with Crippen molar-refractivity contribution in [3.8, 4) is 5.75 Å². The van der Waals surface area contributed by atoms with Gasteiger partial charge < -0.3 is 15.2 Å². The Kier molecular flexibility index (Phi) is 4.85. The lowest BCUT2D eigenvalue weighted by Gasteiger charge is -2.10. The molecule has 0 aliphatic rings. The van der Waals surface area contributed by atoms with E-state index in [1.165, 1.54) is 0 Å². The third kappa shape index (κ3) is 3.76. The maximum Gasteiger partial charge on any atom is 0.338 e. The zero-order chi connectivity index (χ0) is 15.4. The third-order valence-electron chi connectivity index (χ3n) is 3.14. The van der Waals surface area contributed by atoms with E-state index < -0.39 is 5.97 Å². The van der Waals surface area contributed by atoms with Crippen LogP contribution in [0.1, 0.15) is 21.5 Å². The molecule has 4 nitrogen and oxygen atoms in total. The quantitative estimate of drug-likeness (QED) is 0.675. The minimum Gasteiger partial charge on any atom is -0.497 e. The molecule has 0 unspecified atom stereocenters. The van der Waals surface area contributed by atoms with Gasteiger partial charge in [-0.05, 0) is 42.3 Å². The number of anilines is 1. The van der Waals surface area contributed by atoms with Gasteiger partial charge in [0.1, 0.15) is 12.4 Å². The van der Waals surface area contributed by atoms with Crippen molar-refractivity contribution in [2.75, 3.05) is 12.8 Å². The van der Waals surface area contributed by atoms with Crippen molar-refractivity contribution in [2.24, 2.45) is 0 Å². The summed E-state index contributed by atoms with van der Waals surface area (Å²) >= 11 is 3.33. The molecule has 0 spiro atoms. The predicted octanol–water partition coefficient (Wildman–Crippen LogP) is 3.71. The summed E-state index contributed by atoms with van der Waals surface area (Å²) in [5, 5.41) is 0. The summed E-state index contributed by atoms with van der Waals surface area (Å²) in [7, 11) is 1.60. The molecule has 0 heterocycles. The molecule has 0 aromatic heterocycles. The smallest absolute Gasteiger partial charge is 0.338 e. The van der Waals surface area contributed by atoms with E-state index in [1.54, 1.807) is 26.2 Å². The number of hydrogen-bond acceptors (Lipinski definition) is 4. The van der Waals surface area contributed by atoms with E-state index in [4.69, 9.17) is 15.2 Å². The van der Waals surface area contributed by atoms with Crippen molar-refractivity contribution in [3.63, 3.8) is 0 Å². The molecular formula is C16H16BrNO3. The van der Waals surface area contributed by atoms with E-state index >= 15 is 0 Å². The van der Waals surface area contributed by atoms with Gasteiger partial charge in [0.05, 0.1) is 12.7 Å². The molecule has 5 heteroatoms. The monoisotopic (exact) mass is 349 g/mol. The molecule has 2 aromatic carbocycles. The third-order valence-corrected chi connectivity index (χ3v) is 3.59. The van der Waals surface area contributed by atoms with Crippen molar-refractivity contribution < 1.29 is 14.3 Å². The lowest BCUT2D eigenvalue weighted by molar-refractivity contribution is 0.0471. The van der Waals surface area contributed by atoms with Crippen LogP contribution in [0.15, 0.2) is 40.9 Å². The molecule has 21 heavy (non-hydrogen) atoms. The van der Waals surface area contributed by atoms with Gasteiger partial charge in [-0.15, -0.1) is 0 Å². The van der Waals surface area contributed by atoms with E-state index in [0.717, 1.165) is 15.8 Å². The molecule has 0 saturated carbocycles. The first-order valence-corrected chi connectivity index (χ1v) is 7.16. The van der Waals surface area contributed by atoms with Crippen molar-refractivity contribution in [1.29, 1.82) is 0 Å². The van der Waals surface area contributed by atoms with Crippen LogP contribution in [0.2, 0.25) is 0 Å². The first-order valence-electron chi connectivity index (χ1n) is 6.37. The number of methoxy groups -OCH3 is 1. The van der Waals surface area contributed by atoms with Crippen LogP contribution in [-0.2, 0) is 11.3 Å². The van der Waals surface area contributed by atoms with Gasteiger partial charge in [-0.2, -0.15) is 0 Å². The normalized spacial score (nSPS) is 10.2. The number of benzene rings is 2. The summed E-state index contributed by atoms with van der Waals surface area (Å²) in [6, 6.07) is 10.9. The molecule has 0 fully saturated rings. The Balaban J connectivity index is 2.11. The molecule has 2 aromatic rings. The van der Waals surface area contributed by atoms with E-state index in [1.807, 2.05) is 24.3 Å². The van der Waals surface area contributed by atoms with Crippen molar-refractivity contribution in [2.45, 2.75) is 13.5 Å². The lowest BCUT2D eigenvalue weighted by atomic mass is 10.1. The first kappa shape index (κ1) is 15.4. The van der Waals surface area contributed by atoms with Crippen LogP contribution in [0.3, 0.4) is 0 Å². The van der Waals surface area contributed by atoms with Crippen LogP contribution in [0.5, 0.6) is 5.75 Å². The Hall–Kier alpha value is -2.01. The number of carbonyl (C=O) groups excluding carboxylic acids is 1. The fourth-order valence-corrected chi connectivity index (χ4v) is 2.38. The van der Waals surface area contributed by atoms with Crippen molar-refractivity contribution >= 4 is 27.6 Å². The minimum atomic E-state index is -0.400. The summed E-state index contributed by atoms with van der Waals surface area (Å²) in [6.07, 6.45) is 0. The Morgan fingerprint density at radius 1 is 1.29 bits per heavy atom. The fourth-order valence-electron chi connectivity index (χ4n) is 1.90. The SMILES string of the molecule is COc1cccc(COC(=O)c2cc(Br)cc(N)c2C)c1. The highest BCUT2D eigenvalue weighted by Crippen LogP contribution is 2.24. The summed E-state index contributed by atoms with van der Waals surface area (Å²) < 4.78 is 11.2. The van der Waals surface area contributed by atoms with Gasteiger partial charge in [0.15, 0.2) is 0 Å². The molecule has 2 N–H and O–H groups in total. The zero-order valence-corrected chi connectivity index (χ0v) is 13.4. The Morgan fingerprint density at radius 3 is 2.76 bits per heavy atom. The predicted molar refractivity (Wildman–Crippen MR) is 85.4 cm³/mol. The number of rotatable bonds is 4. The Labute approximate surface area is 132 Å². The van der Waals surface area contributed by atoms with Crippen LogP contribution >= 0.6 is 15.9 Å². The number of ether oxygens (including phenoxy) is 2. The number of hydrogen-bond donors (Lipinski definition) is 1. The van der Waals surface area contributed by atoms with E-state index in [9.17, 15) is 4.79 Å². The van der Waals surface area contributed by atoms with Gasteiger partial charge in [-0.1, -0.05) is 28.1 Å². The second-order valence-corrected chi connectivity index (χ2v) is 5.51. The van der Waals surface area contributed by atoms with Crippen molar-refractivity contribution in [1.82, 2.24) is 0 Å². The van der Waals surface area contributed by atoms with E-state index in [0.29, 0.717) is 16.8 Å². The van der Waals surface area contributed by atoms with Gasteiger partial charge in [-0.3, -0.25) is 0 Å². The highest BCUT2D eigenvalue weighted by molar-refractivity contribution is 9.10. The largest absolute Gasteiger partial charge is 0.497 e. The van der Waals surface area contributed by atoms with Gasteiger partial charge >= 0.3 is 5.97 Å². The number of nitrogen functional groups attached to an aromatic ring is 1. The molecule has 0 atom stereocenters. The van der Waals surface area contributed by atoms with E-state index in [2.05, 4.69) is 15.9 Å². The van der Waals surface area contributed by atoms with Gasteiger partial charge in [0.2, 0.25) is 0 Å². The molecule has 110 valence electrons. The second kappa shape index (κ2) is 6.63. The zero-order valence-electron chi connectivity index (χ0n) is 11.9. The summed E-state index contributed by atoms with van der Waals surface area (Å²) in [6.45, 7) is 1.98. The second-order valence-electron chi connectivity index (χ2n) is 4.60. The number of esters is 1. The summed E-state index contributed by atoms with van der Waals surface area (Å²) in [4.78, 5) is 12.2. The maximum atomic E-state index is 12.2. The molecule has 0 radical (unpaired) electrons. The minimum absolute atomic E-state index is 0.182.